The number of aromatic nitrogens is 1. The van der Waals surface area contributed by atoms with E-state index in [1.165, 1.54) is 0 Å². The van der Waals surface area contributed by atoms with Gasteiger partial charge in [-0.15, -0.1) is 0 Å². The van der Waals surface area contributed by atoms with E-state index in [1.807, 2.05) is 0 Å². The van der Waals surface area contributed by atoms with E-state index in [-0.39, 0.29) is 19.3 Å². The molecule has 0 saturated carbocycles. The lowest BCUT2D eigenvalue weighted by molar-refractivity contribution is -0.142. The topological polar surface area (TPSA) is 290 Å². The first kappa shape index (κ1) is 32.2. The fourth-order valence-electron chi connectivity index (χ4n) is 3.92. The van der Waals surface area contributed by atoms with Gasteiger partial charge in [0.1, 0.15) is 18.1 Å². The van der Waals surface area contributed by atoms with Crippen molar-refractivity contribution in [2.45, 2.75) is 62.7 Å². The molecule has 0 bridgehead atoms. The van der Waals surface area contributed by atoms with Crippen LogP contribution < -0.4 is 33.2 Å². The molecular formula is C25H33N7O9. The van der Waals surface area contributed by atoms with Crippen LogP contribution in [0.15, 0.2) is 30.5 Å². The Bertz CT molecular complexity index is 1310. The van der Waals surface area contributed by atoms with Crippen LogP contribution in [0.25, 0.3) is 10.9 Å². The standard InChI is InChI=1S/C25H33N7O9/c26-14(5-7-19(27)33)22(37)30-16(6-8-21(35)36)23(38)31-17(10-20(28)34)24(39)32-18(25(40)41)9-12-11-29-15-4-2-1-3-13(12)15/h1-4,11,14,16-18,29H,5-10,26H2,(H2,27,33)(H2,28,34)(H,30,37)(H,31,38)(H,32,39)(H,35,36)(H,40,41). The summed E-state index contributed by atoms with van der Waals surface area (Å²) < 4.78 is 0. The molecule has 0 aliphatic rings. The minimum absolute atomic E-state index is 0.136. The molecule has 0 fully saturated rings. The van der Waals surface area contributed by atoms with Crippen LogP contribution in [0.2, 0.25) is 0 Å². The summed E-state index contributed by atoms with van der Waals surface area (Å²) >= 11 is 0. The third kappa shape index (κ3) is 10.2. The summed E-state index contributed by atoms with van der Waals surface area (Å²) in [5.74, 6) is -7.38. The van der Waals surface area contributed by atoms with E-state index in [1.54, 1.807) is 30.5 Å². The average Bonchev–Trinajstić information content (AvgIpc) is 3.30. The Labute approximate surface area is 233 Å². The SMILES string of the molecule is NC(=O)CCC(N)C(=O)NC(CCC(=O)O)C(=O)NC(CC(N)=O)C(=O)NC(Cc1c[nH]c2ccccc12)C(=O)O. The average molecular weight is 576 g/mol. The van der Waals surface area contributed by atoms with Gasteiger partial charge in [-0.25, -0.2) is 4.79 Å². The third-order valence-electron chi connectivity index (χ3n) is 6.07. The molecule has 1 aromatic heterocycles. The molecule has 12 N–H and O–H groups in total. The second-order valence-corrected chi connectivity index (χ2v) is 9.30. The van der Waals surface area contributed by atoms with Crippen molar-refractivity contribution in [3.63, 3.8) is 0 Å². The Morgan fingerprint density at radius 2 is 1.39 bits per heavy atom. The lowest BCUT2D eigenvalue weighted by Gasteiger charge is -2.24. The van der Waals surface area contributed by atoms with Crippen molar-refractivity contribution in [1.82, 2.24) is 20.9 Å². The highest BCUT2D eigenvalue weighted by Crippen LogP contribution is 2.19. The van der Waals surface area contributed by atoms with Crippen LogP contribution in [0, 0.1) is 0 Å². The van der Waals surface area contributed by atoms with Crippen LogP contribution >= 0.6 is 0 Å². The number of carbonyl (C=O) groups excluding carboxylic acids is 5. The second kappa shape index (κ2) is 15.0. The third-order valence-corrected chi connectivity index (χ3v) is 6.07. The number of nitrogens with two attached hydrogens (primary N) is 3. The number of primary amides is 2. The first-order valence-corrected chi connectivity index (χ1v) is 12.5. The molecule has 1 aromatic carbocycles. The normalized spacial score (nSPS) is 13.8. The van der Waals surface area contributed by atoms with E-state index in [9.17, 15) is 38.7 Å². The molecule has 16 nitrogen and oxygen atoms in total. The van der Waals surface area contributed by atoms with Crippen LogP contribution in [0.4, 0.5) is 0 Å². The number of aliphatic carboxylic acids is 2. The zero-order valence-corrected chi connectivity index (χ0v) is 21.9. The van der Waals surface area contributed by atoms with Crippen molar-refractivity contribution in [1.29, 1.82) is 0 Å². The number of carboxylic acids is 2. The van der Waals surface area contributed by atoms with Gasteiger partial charge in [-0.2, -0.15) is 0 Å². The highest BCUT2D eigenvalue weighted by atomic mass is 16.4. The number of benzene rings is 1. The van der Waals surface area contributed by atoms with Crippen molar-refractivity contribution in [3.05, 3.63) is 36.0 Å². The van der Waals surface area contributed by atoms with E-state index in [0.717, 1.165) is 10.9 Å². The summed E-state index contributed by atoms with van der Waals surface area (Å²) in [6.07, 6.45) is -0.609. The zero-order valence-electron chi connectivity index (χ0n) is 21.9. The maximum atomic E-state index is 13.0. The van der Waals surface area contributed by atoms with Gasteiger partial charge in [-0.1, -0.05) is 18.2 Å². The van der Waals surface area contributed by atoms with Crippen molar-refractivity contribution in [2.24, 2.45) is 17.2 Å². The first-order valence-electron chi connectivity index (χ1n) is 12.5. The van der Waals surface area contributed by atoms with E-state index in [0.29, 0.717) is 5.56 Å². The second-order valence-electron chi connectivity index (χ2n) is 9.30. The molecule has 5 amide bonds. The zero-order chi connectivity index (χ0) is 30.7. The number of nitrogens with one attached hydrogen (secondary N) is 4. The number of hydrogen-bond acceptors (Lipinski definition) is 8. The highest BCUT2D eigenvalue weighted by molar-refractivity contribution is 5.96. The summed E-state index contributed by atoms with van der Waals surface area (Å²) in [7, 11) is 0. The molecule has 0 radical (unpaired) electrons. The van der Waals surface area contributed by atoms with Crippen LogP contribution in [-0.4, -0.2) is 80.8 Å². The molecule has 4 atom stereocenters. The van der Waals surface area contributed by atoms with Gasteiger partial charge in [0.05, 0.1) is 12.5 Å². The fourth-order valence-corrected chi connectivity index (χ4v) is 3.92. The fraction of sp³-hybridized carbons (Fsp3) is 0.400. The van der Waals surface area contributed by atoms with Gasteiger partial charge in [0.25, 0.3) is 0 Å². The smallest absolute Gasteiger partial charge is 0.326 e. The summed E-state index contributed by atoms with van der Waals surface area (Å²) in [5.41, 5.74) is 17.3. The molecule has 0 saturated heterocycles. The van der Waals surface area contributed by atoms with E-state index < -0.39 is 84.9 Å². The van der Waals surface area contributed by atoms with Crippen molar-refractivity contribution < 1.29 is 43.8 Å². The predicted molar refractivity (Wildman–Crippen MR) is 143 cm³/mol. The molecule has 2 rings (SSSR count). The van der Waals surface area contributed by atoms with E-state index in [2.05, 4.69) is 20.9 Å². The van der Waals surface area contributed by atoms with Crippen LogP contribution in [0.3, 0.4) is 0 Å². The summed E-state index contributed by atoms with van der Waals surface area (Å²) in [6.45, 7) is 0. The molecule has 1 heterocycles. The maximum Gasteiger partial charge on any atom is 0.326 e. The number of amides is 5. The number of para-hydroxylation sites is 1. The van der Waals surface area contributed by atoms with Gasteiger partial charge >= 0.3 is 11.9 Å². The number of carboxylic acid groups (broad SMARTS) is 2. The minimum atomic E-state index is -1.66. The number of rotatable bonds is 17. The number of aromatic amines is 1. The van der Waals surface area contributed by atoms with Gasteiger partial charge in [0.15, 0.2) is 0 Å². The van der Waals surface area contributed by atoms with Crippen molar-refractivity contribution >= 4 is 52.4 Å². The van der Waals surface area contributed by atoms with E-state index >= 15 is 0 Å². The summed E-state index contributed by atoms with van der Waals surface area (Å²) in [5, 5.41) is 26.3. The molecule has 41 heavy (non-hydrogen) atoms. The molecule has 16 heteroatoms. The molecule has 0 spiro atoms. The Morgan fingerprint density at radius 1 is 0.780 bits per heavy atom. The van der Waals surface area contributed by atoms with Gasteiger partial charge in [-0.05, 0) is 24.5 Å². The van der Waals surface area contributed by atoms with Gasteiger partial charge in [0.2, 0.25) is 29.5 Å². The van der Waals surface area contributed by atoms with Crippen LogP contribution in [-0.2, 0) is 40.0 Å². The lowest BCUT2D eigenvalue weighted by Crippen LogP contribution is -2.58. The Balaban J connectivity index is 2.18. The Kier molecular flexibility index (Phi) is 11.8. The molecule has 0 aliphatic heterocycles. The maximum absolute atomic E-state index is 13.0. The lowest BCUT2D eigenvalue weighted by atomic mass is 10.0. The first-order chi connectivity index (χ1) is 19.3. The Morgan fingerprint density at radius 3 is 2.00 bits per heavy atom. The molecule has 222 valence electrons. The molecular weight excluding hydrogens is 542 g/mol. The van der Waals surface area contributed by atoms with Crippen molar-refractivity contribution in [3.8, 4) is 0 Å². The summed E-state index contributed by atoms with van der Waals surface area (Å²) in [6, 6.07) is 1.22. The number of carbonyl (C=O) groups is 7. The van der Waals surface area contributed by atoms with E-state index in [4.69, 9.17) is 22.3 Å². The predicted octanol–water partition coefficient (Wildman–Crippen LogP) is -2.42. The van der Waals surface area contributed by atoms with Gasteiger partial charge in [-0.3, -0.25) is 28.8 Å². The quantitative estimate of drug-likeness (QED) is 0.0961. The number of H-pyrrole nitrogens is 1. The molecule has 4 unspecified atom stereocenters. The van der Waals surface area contributed by atoms with Gasteiger partial charge in [0, 0.05) is 36.4 Å². The number of hydrogen-bond donors (Lipinski definition) is 9. The largest absolute Gasteiger partial charge is 0.481 e. The Hall–Kier alpha value is -4.99. The molecule has 2 aromatic rings. The van der Waals surface area contributed by atoms with Gasteiger partial charge < -0.3 is 48.3 Å². The van der Waals surface area contributed by atoms with Crippen molar-refractivity contribution in [2.75, 3.05) is 0 Å². The minimum Gasteiger partial charge on any atom is -0.481 e. The highest BCUT2D eigenvalue weighted by Gasteiger charge is 2.32. The monoisotopic (exact) mass is 575 g/mol. The summed E-state index contributed by atoms with van der Waals surface area (Å²) in [4.78, 5) is 87.2. The van der Waals surface area contributed by atoms with Crippen LogP contribution in [0.1, 0.15) is 37.7 Å². The number of fused-ring (bicyclic) bond motifs is 1. The van der Waals surface area contributed by atoms with Crippen LogP contribution in [0.5, 0.6) is 0 Å². The molecule has 0 aliphatic carbocycles.